The standard InChI is InChI=1S/C16H25BrN2O3/c1-4-7-22-16-14(17)8-13(9-15(16)21-3)11-19-6-5-18-10-12(2)20/h4,8-9,12,18-20H,1,5-7,10-11H2,2-3H3/p+2/t12-/m0/s1. The Morgan fingerprint density at radius 1 is 1.36 bits per heavy atom. The molecule has 1 rings (SSSR count). The predicted molar refractivity (Wildman–Crippen MR) is 90.2 cm³/mol. The van der Waals surface area contributed by atoms with E-state index in [-0.39, 0.29) is 6.10 Å². The molecule has 5 N–H and O–H groups in total. The summed E-state index contributed by atoms with van der Waals surface area (Å²) < 4.78 is 11.9. The number of hydrogen-bond acceptors (Lipinski definition) is 3. The van der Waals surface area contributed by atoms with Crippen molar-refractivity contribution in [1.29, 1.82) is 0 Å². The first-order valence-electron chi connectivity index (χ1n) is 7.50. The summed E-state index contributed by atoms with van der Waals surface area (Å²) >= 11 is 3.53. The second-order valence-electron chi connectivity index (χ2n) is 5.15. The van der Waals surface area contributed by atoms with Crippen LogP contribution in [-0.4, -0.2) is 44.6 Å². The fourth-order valence-electron chi connectivity index (χ4n) is 2.04. The maximum absolute atomic E-state index is 9.18. The summed E-state index contributed by atoms with van der Waals surface area (Å²) in [6.45, 7) is 9.52. The Bertz CT molecular complexity index is 467. The Kier molecular flexibility index (Phi) is 9.15. The van der Waals surface area contributed by atoms with Crippen molar-refractivity contribution in [2.45, 2.75) is 19.6 Å². The molecule has 0 spiro atoms. The molecule has 0 saturated heterocycles. The van der Waals surface area contributed by atoms with Gasteiger partial charge in [-0.3, -0.25) is 0 Å². The van der Waals surface area contributed by atoms with Crippen molar-refractivity contribution in [3.8, 4) is 11.5 Å². The highest BCUT2D eigenvalue weighted by atomic mass is 79.9. The molecule has 22 heavy (non-hydrogen) atoms. The summed E-state index contributed by atoms with van der Waals surface area (Å²) in [5.74, 6) is 1.43. The third-order valence-corrected chi connectivity index (χ3v) is 3.69. The first-order valence-corrected chi connectivity index (χ1v) is 8.29. The summed E-state index contributed by atoms with van der Waals surface area (Å²) in [5, 5.41) is 13.6. The second-order valence-corrected chi connectivity index (χ2v) is 6.01. The maximum atomic E-state index is 9.18. The maximum Gasteiger partial charge on any atom is 0.175 e. The van der Waals surface area contributed by atoms with E-state index in [1.165, 1.54) is 5.56 Å². The lowest BCUT2D eigenvalue weighted by molar-refractivity contribution is -0.733. The molecule has 6 heteroatoms. The Labute approximate surface area is 140 Å². The number of quaternary nitrogens is 2. The molecule has 124 valence electrons. The van der Waals surface area contributed by atoms with Gasteiger partial charge in [-0.25, -0.2) is 0 Å². The van der Waals surface area contributed by atoms with Crippen LogP contribution in [0.4, 0.5) is 0 Å². The molecule has 0 aliphatic heterocycles. The Morgan fingerprint density at radius 3 is 2.73 bits per heavy atom. The van der Waals surface area contributed by atoms with Gasteiger partial charge in [0.1, 0.15) is 32.8 Å². The van der Waals surface area contributed by atoms with Crippen molar-refractivity contribution >= 4 is 15.9 Å². The fourth-order valence-corrected chi connectivity index (χ4v) is 2.64. The van der Waals surface area contributed by atoms with Crippen molar-refractivity contribution in [2.75, 3.05) is 33.4 Å². The van der Waals surface area contributed by atoms with Crippen molar-refractivity contribution in [3.05, 3.63) is 34.8 Å². The van der Waals surface area contributed by atoms with E-state index in [4.69, 9.17) is 9.47 Å². The number of nitrogens with two attached hydrogens (primary N) is 2. The van der Waals surface area contributed by atoms with Crippen LogP contribution in [0.2, 0.25) is 0 Å². The monoisotopic (exact) mass is 374 g/mol. The van der Waals surface area contributed by atoms with Gasteiger partial charge in [-0.1, -0.05) is 12.7 Å². The van der Waals surface area contributed by atoms with Crippen LogP contribution >= 0.6 is 15.9 Å². The van der Waals surface area contributed by atoms with E-state index in [2.05, 4.69) is 39.2 Å². The molecule has 5 nitrogen and oxygen atoms in total. The zero-order valence-electron chi connectivity index (χ0n) is 13.3. The Morgan fingerprint density at radius 2 is 2.09 bits per heavy atom. The number of ether oxygens (including phenoxy) is 2. The van der Waals surface area contributed by atoms with Crippen molar-refractivity contribution < 1.29 is 25.2 Å². The molecule has 0 radical (unpaired) electrons. The van der Waals surface area contributed by atoms with Crippen LogP contribution in [0.15, 0.2) is 29.3 Å². The van der Waals surface area contributed by atoms with E-state index in [0.717, 1.165) is 36.4 Å². The van der Waals surface area contributed by atoms with Gasteiger partial charge in [-0.15, -0.1) is 0 Å². The van der Waals surface area contributed by atoms with Crippen molar-refractivity contribution in [1.82, 2.24) is 0 Å². The van der Waals surface area contributed by atoms with Gasteiger partial charge < -0.3 is 25.2 Å². The van der Waals surface area contributed by atoms with Crippen LogP contribution in [-0.2, 0) is 6.54 Å². The highest BCUT2D eigenvalue weighted by Gasteiger charge is 2.12. The third-order valence-electron chi connectivity index (χ3n) is 3.10. The first-order chi connectivity index (χ1) is 10.6. The van der Waals surface area contributed by atoms with E-state index >= 15 is 0 Å². The topological polar surface area (TPSA) is 71.9 Å². The average Bonchev–Trinajstić information content (AvgIpc) is 2.48. The molecule has 1 atom stereocenters. The summed E-state index contributed by atoms with van der Waals surface area (Å²) in [5.41, 5.74) is 1.17. The SMILES string of the molecule is C=CCOc1c(Br)cc(C[NH2+]CC[NH2+]C[C@H](C)O)cc1OC. The van der Waals surface area contributed by atoms with Gasteiger partial charge in [0.15, 0.2) is 11.5 Å². The summed E-state index contributed by atoms with van der Waals surface area (Å²) in [6.07, 6.45) is 1.46. The van der Waals surface area contributed by atoms with Crippen LogP contribution in [0.1, 0.15) is 12.5 Å². The molecule has 0 aliphatic rings. The lowest BCUT2D eigenvalue weighted by Gasteiger charge is -2.13. The number of aliphatic hydroxyl groups is 1. The average molecular weight is 375 g/mol. The van der Waals surface area contributed by atoms with Crippen LogP contribution in [0.3, 0.4) is 0 Å². The fraction of sp³-hybridized carbons (Fsp3) is 0.500. The van der Waals surface area contributed by atoms with E-state index in [1.54, 1.807) is 20.1 Å². The molecular formula is C16H27BrN2O3+2. The molecule has 1 aromatic rings. The zero-order chi connectivity index (χ0) is 16.4. The number of hydrogen-bond donors (Lipinski definition) is 3. The quantitative estimate of drug-likeness (QED) is 0.378. The van der Waals surface area contributed by atoms with Crippen LogP contribution in [0.25, 0.3) is 0 Å². The van der Waals surface area contributed by atoms with Gasteiger partial charge in [0.2, 0.25) is 0 Å². The van der Waals surface area contributed by atoms with Gasteiger partial charge in [0.05, 0.1) is 17.7 Å². The van der Waals surface area contributed by atoms with Crippen LogP contribution in [0.5, 0.6) is 11.5 Å². The Hall–Kier alpha value is -1.08. The lowest BCUT2D eigenvalue weighted by Crippen LogP contribution is -2.95. The molecule has 0 fully saturated rings. The van der Waals surface area contributed by atoms with Gasteiger partial charge in [0, 0.05) is 5.56 Å². The van der Waals surface area contributed by atoms with Crippen molar-refractivity contribution in [3.63, 3.8) is 0 Å². The van der Waals surface area contributed by atoms with Crippen LogP contribution < -0.4 is 20.1 Å². The summed E-state index contributed by atoms with van der Waals surface area (Å²) in [4.78, 5) is 0. The van der Waals surface area contributed by atoms with Gasteiger partial charge in [-0.05, 0) is 35.0 Å². The minimum atomic E-state index is -0.247. The second kappa shape index (κ2) is 10.6. The van der Waals surface area contributed by atoms with Crippen LogP contribution in [0, 0.1) is 0 Å². The number of halogens is 1. The highest BCUT2D eigenvalue weighted by Crippen LogP contribution is 2.36. The molecule has 1 aromatic carbocycles. The predicted octanol–water partition coefficient (Wildman–Crippen LogP) is 0.0301. The normalized spacial score (nSPS) is 12.0. The minimum absolute atomic E-state index is 0.247. The zero-order valence-corrected chi connectivity index (χ0v) is 14.9. The van der Waals surface area contributed by atoms with Crippen molar-refractivity contribution in [2.24, 2.45) is 0 Å². The number of methoxy groups -OCH3 is 1. The summed E-state index contributed by atoms with van der Waals surface area (Å²) in [7, 11) is 1.64. The molecule has 0 unspecified atom stereocenters. The van der Waals surface area contributed by atoms with Gasteiger partial charge in [0.25, 0.3) is 0 Å². The number of aliphatic hydroxyl groups excluding tert-OH is 1. The molecular weight excluding hydrogens is 348 g/mol. The summed E-state index contributed by atoms with van der Waals surface area (Å²) in [6, 6.07) is 4.05. The van der Waals surface area contributed by atoms with E-state index in [9.17, 15) is 5.11 Å². The largest absolute Gasteiger partial charge is 0.493 e. The number of benzene rings is 1. The smallest absolute Gasteiger partial charge is 0.175 e. The van der Waals surface area contributed by atoms with Gasteiger partial charge >= 0.3 is 0 Å². The van der Waals surface area contributed by atoms with E-state index in [0.29, 0.717) is 12.4 Å². The molecule has 0 aliphatic carbocycles. The molecule has 0 saturated carbocycles. The van der Waals surface area contributed by atoms with E-state index in [1.807, 2.05) is 6.07 Å². The third kappa shape index (κ3) is 6.79. The Balaban J connectivity index is 2.50. The highest BCUT2D eigenvalue weighted by molar-refractivity contribution is 9.10. The molecule has 0 heterocycles. The van der Waals surface area contributed by atoms with E-state index < -0.39 is 0 Å². The lowest BCUT2D eigenvalue weighted by atomic mass is 10.2. The minimum Gasteiger partial charge on any atom is -0.493 e. The molecule has 0 aromatic heterocycles. The first kappa shape index (κ1) is 19.0. The van der Waals surface area contributed by atoms with Gasteiger partial charge in [-0.2, -0.15) is 0 Å². The number of rotatable bonds is 11. The molecule has 0 bridgehead atoms. The molecule has 0 amide bonds.